The van der Waals surface area contributed by atoms with E-state index < -0.39 is 11.1 Å². The van der Waals surface area contributed by atoms with Gasteiger partial charge >= 0.3 is 0 Å². The summed E-state index contributed by atoms with van der Waals surface area (Å²) in [5.41, 5.74) is -0.269. The molecule has 1 N–H and O–H groups in total. The Morgan fingerprint density at radius 2 is 2.17 bits per heavy atom. The lowest BCUT2D eigenvalue weighted by Gasteiger charge is -2.00. The third-order valence-electron chi connectivity index (χ3n) is 1.22. The molecule has 0 saturated heterocycles. The van der Waals surface area contributed by atoms with Crippen LogP contribution in [0.5, 0.6) is 5.75 Å². The molecule has 0 fully saturated rings. The first-order valence-corrected chi connectivity index (χ1v) is 4.07. The molecule has 0 saturated carbocycles. The molecule has 12 heavy (non-hydrogen) atoms. The minimum Gasteiger partial charge on any atom is -0.508 e. The van der Waals surface area contributed by atoms with Crippen molar-refractivity contribution in [3.8, 4) is 5.75 Å². The summed E-state index contributed by atoms with van der Waals surface area (Å²) in [7, 11) is 0. The van der Waals surface area contributed by atoms with Crippen LogP contribution in [0.25, 0.3) is 0 Å². The fourth-order valence-corrected chi connectivity index (χ4v) is 1.66. The van der Waals surface area contributed by atoms with Crippen molar-refractivity contribution in [2.24, 2.45) is 0 Å². The van der Waals surface area contributed by atoms with Crippen molar-refractivity contribution in [2.75, 3.05) is 0 Å². The molecule has 5 heteroatoms. The van der Waals surface area contributed by atoms with Gasteiger partial charge in [0.15, 0.2) is 0 Å². The first-order valence-electron chi connectivity index (χ1n) is 2.90. The lowest BCUT2D eigenvalue weighted by atomic mass is 10.2. The van der Waals surface area contributed by atoms with Crippen LogP contribution in [0.3, 0.4) is 0 Å². The Kier molecular flexibility index (Phi) is 2.69. The van der Waals surface area contributed by atoms with Crippen molar-refractivity contribution in [1.29, 1.82) is 0 Å². The molecule has 0 aliphatic heterocycles. The molecule has 2 nitrogen and oxygen atoms in total. The minimum atomic E-state index is -0.903. The summed E-state index contributed by atoms with van der Waals surface area (Å²) >= 11 is 7.97. The molecule has 0 aliphatic rings. The van der Waals surface area contributed by atoms with Crippen molar-refractivity contribution in [3.63, 3.8) is 0 Å². The van der Waals surface area contributed by atoms with Gasteiger partial charge in [0.25, 0.3) is 5.24 Å². The molecule has 0 aliphatic carbocycles. The number of phenolic OH excluding ortho intramolecular Hbond substituents is 1. The zero-order valence-electron chi connectivity index (χ0n) is 5.64. The van der Waals surface area contributed by atoms with Crippen LogP contribution in [0.4, 0.5) is 4.39 Å². The van der Waals surface area contributed by atoms with E-state index in [1.807, 2.05) is 0 Å². The van der Waals surface area contributed by atoms with E-state index in [1.54, 1.807) is 0 Å². The summed E-state index contributed by atoms with van der Waals surface area (Å²) in [6.45, 7) is 0. The van der Waals surface area contributed by atoms with Gasteiger partial charge in [0.1, 0.15) is 11.6 Å². The van der Waals surface area contributed by atoms with Crippen LogP contribution in [0, 0.1) is 5.82 Å². The van der Waals surface area contributed by atoms with E-state index in [2.05, 4.69) is 15.9 Å². The average molecular weight is 253 g/mol. The van der Waals surface area contributed by atoms with Gasteiger partial charge in [-0.1, -0.05) is 0 Å². The SMILES string of the molecule is O=C(Cl)c1c(F)cc(O)cc1Br. The highest BCUT2D eigenvalue weighted by molar-refractivity contribution is 9.10. The Hall–Kier alpha value is -0.610. The number of phenols is 1. The van der Waals surface area contributed by atoms with E-state index in [-0.39, 0.29) is 15.8 Å². The molecule has 1 aromatic rings. The maximum Gasteiger partial charge on any atom is 0.256 e. The van der Waals surface area contributed by atoms with Gasteiger partial charge in [-0.05, 0) is 33.6 Å². The summed E-state index contributed by atoms with van der Waals surface area (Å²) in [5, 5.41) is 7.97. The Morgan fingerprint density at radius 3 is 2.58 bits per heavy atom. The number of benzene rings is 1. The van der Waals surface area contributed by atoms with Gasteiger partial charge in [0, 0.05) is 10.5 Å². The molecule has 64 valence electrons. The molecule has 0 radical (unpaired) electrons. The predicted octanol–water partition coefficient (Wildman–Crippen LogP) is 2.67. The highest BCUT2D eigenvalue weighted by Crippen LogP contribution is 2.26. The number of carbonyl (C=O) groups excluding carboxylic acids is 1. The van der Waals surface area contributed by atoms with E-state index in [0.29, 0.717) is 0 Å². The normalized spacial score (nSPS) is 9.92. The number of aromatic hydroxyl groups is 1. The smallest absolute Gasteiger partial charge is 0.256 e. The molecule has 0 unspecified atom stereocenters. The summed E-state index contributed by atoms with van der Waals surface area (Å²) in [5.74, 6) is -1.11. The first-order chi connectivity index (χ1) is 5.52. The van der Waals surface area contributed by atoms with Crippen molar-refractivity contribution >= 4 is 32.8 Å². The van der Waals surface area contributed by atoms with Gasteiger partial charge in [0.2, 0.25) is 0 Å². The molecule has 1 aromatic carbocycles. The molecular weight excluding hydrogens is 250 g/mol. The fraction of sp³-hybridized carbons (Fsp3) is 0. The molecule has 0 heterocycles. The third-order valence-corrected chi connectivity index (χ3v) is 2.04. The zero-order valence-corrected chi connectivity index (χ0v) is 7.99. The Balaban J connectivity index is 3.38. The summed E-state index contributed by atoms with van der Waals surface area (Å²) < 4.78 is 13.0. The van der Waals surface area contributed by atoms with Gasteiger partial charge in [-0.2, -0.15) is 0 Å². The molecule has 0 bridgehead atoms. The van der Waals surface area contributed by atoms with Gasteiger partial charge in [-0.15, -0.1) is 0 Å². The van der Waals surface area contributed by atoms with E-state index in [0.717, 1.165) is 6.07 Å². The minimum absolute atomic E-state index is 0.139. The van der Waals surface area contributed by atoms with Crippen LogP contribution in [-0.4, -0.2) is 10.3 Å². The van der Waals surface area contributed by atoms with Crippen LogP contribution < -0.4 is 0 Å². The Morgan fingerprint density at radius 1 is 1.58 bits per heavy atom. The highest BCUT2D eigenvalue weighted by Gasteiger charge is 2.14. The van der Waals surface area contributed by atoms with Crippen molar-refractivity contribution in [2.45, 2.75) is 0 Å². The van der Waals surface area contributed by atoms with Gasteiger partial charge in [-0.25, -0.2) is 4.39 Å². The average Bonchev–Trinajstić information content (AvgIpc) is 1.82. The zero-order chi connectivity index (χ0) is 9.30. The standard InChI is InChI=1S/C7H3BrClFO2/c8-4-1-3(11)2-5(10)6(4)7(9)12/h1-2,11H. The molecule has 0 amide bonds. The van der Waals surface area contributed by atoms with E-state index in [9.17, 15) is 9.18 Å². The van der Waals surface area contributed by atoms with Gasteiger partial charge in [0.05, 0.1) is 5.56 Å². The summed E-state index contributed by atoms with van der Waals surface area (Å²) in [6.07, 6.45) is 0. The lowest BCUT2D eigenvalue weighted by Crippen LogP contribution is -1.95. The van der Waals surface area contributed by atoms with E-state index in [4.69, 9.17) is 16.7 Å². The first kappa shape index (κ1) is 9.48. The van der Waals surface area contributed by atoms with Crippen LogP contribution in [-0.2, 0) is 0 Å². The summed E-state index contributed by atoms with van der Waals surface area (Å²) in [6, 6.07) is 2.01. The Bertz CT molecular complexity index is 317. The van der Waals surface area contributed by atoms with Crippen LogP contribution in [0.15, 0.2) is 16.6 Å². The van der Waals surface area contributed by atoms with Crippen molar-refractivity contribution < 1.29 is 14.3 Å². The number of halogens is 3. The highest BCUT2D eigenvalue weighted by atomic mass is 79.9. The van der Waals surface area contributed by atoms with Crippen LogP contribution >= 0.6 is 27.5 Å². The van der Waals surface area contributed by atoms with Crippen molar-refractivity contribution in [1.82, 2.24) is 0 Å². The maximum absolute atomic E-state index is 12.9. The number of hydrogen-bond acceptors (Lipinski definition) is 2. The van der Waals surface area contributed by atoms with Crippen molar-refractivity contribution in [3.05, 3.63) is 28.0 Å². The number of hydrogen-bond donors (Lipinski definition) is 1. The van der Waals surface area contributed by atoms with Crippen LogP contribution in [0.2, 0.25) is 0 Å². The summed E-state index contributed by atoms with van der Waals surface area (Å²) in [4.78, 5) is 10.6. The number of rotatable bonds is 1. The molecule has 0 atom stereocenters. The van der Waals surface area contributed by atoms with E-state index >= 15 is 0 Å². The predicted molar refractivity (Wildman–Crippen MR) is 45.9 cm³/mol. The molecular formula is C7H3BrClFO2. The second-order valence-electron chi connectivity index (χ2n) is 2.06. The second-order valence-corrected chi connectivity index (χ2v) is 3.26. The topological polar surface area (TPSA) is 37.3 Å². The third kappa shape index (κ3) is 1.76. The van der Waals surface area contributed by atoms with Gasteiger partial charge < -0.3 is 5.11 Å². The Labute approximate surface area is 81.1 Å². The van der Waals surface area contributed by atoms with E-state index in [1.165, 1.54) is 6.07 Å². The number of carbonyl (C=O) groups is 1. The quantitative estimate of drug-likeness (QED) is 0.781. The molecule has 0 aromatic heterocycles. The van der Waals surface area contributed by atoms with Crippen LogP contribution in [0.1, 0.15) is 10.4 Å². The molecule has 1 rings (SSSR count). The van der Waals surface area contributed by atoms with Gasteiger partial charge in [-0.3, -0.25) is 4.79 Å². The maximum atomic E-state index is 12.9. The molecule has 0 spiro atoms. The monoisotopic (exact) mass is 252 g/mol. The lowest BCUT2D eigenvalue weighted by molar-refractivity contribution is 0.107. The second kappa shape index (κ2) is 3.41. The fourth-order valence-electron chi connectivity index (χ4n) is 0.748. The largest absolute Gasteiger partial charge is 0.508 e.